The van der Waals surface area contributed by atoms with E-state index in [1.165, 1.54) is 18.4 Å². The van der Waals surface area contributed by atoms with Gasteiger partial charge in [-0.05, 0) is 36.8 Å². The van der Waals surface area contributed by atoms with Crippen LogP contribution in [-0.2, 0) is 6.42 Å². The SMILES string of the molecule is COc1ccccc1CC(N)C1CC1. The highest BCUT2D eigenvalue weighted by Crippen LogP contribution is 2.33. The van der Waals surface area contributed by atoms with Crippen molar-refractivity contribution in [1.82, 2.24) is 0 Å². The molecule has 2 heteroatoms. The van der Waals surface area contributed by atoms with Crippen LogP contribution in [0.1, 0.15) is 18.4 Å². The van der Waals surface area contributed by atoms with Crippen LogP contribution in [0.3, 0.4) is 0 Å². The normalized spacial score (nSPS) is 17.9. The summed E-state index contributed by atoms with van der Waals surface area (Å²) in [5.74, 6) is 1.71. The maximum absolute atomic E-state index is 6.08. The van der Waals surface area contributed by atoms with Gasteiger partial charge in [0.25, 0.3) is 0 Å². The molecule has 1 atom stereocenters. The first-order chi connectivity index (χ1) is 6.81. The second-order valence-corrected chi connectivity index (χ2v) is 4.02. The fourth-order valence-electron chi connectivity index (χ4n) is 1.82. The highest BCUT2D eigenvalue weighted by atomic mass is 16.5. The van der Waals surface area contributed by atoms with Gasteiger partial charge >= 0.3 is 0 Å². The molecule has 1 aromatic carbocycles. The Morgan fingerprint density at radius 1 is 1.43 bits per heavy atom. The molecular formula is C12H17NO. The minimum absolute atomic E-state index is 0.311. The van der Waals surface area contributed by atoms with Gasteiger partial charge in [0.1, 0.15) is 5.75 Å². The number of para-hydroxylation sites is 1. The van der Waals surface area contributed by atoms with E-state index in [0.717, 1.165) is 18.1 Å². The van der Waals surface area contributed by atoms with Gasteiger partial charge in [-0.2, -0.15) is 0 Å². The van der Waals surface area contributed by atoms with E-state index in [2.05, 4.69) is 6.07 Å². The Morgan fingerprint density at radius 3 is 2.79 bits per heavy atom. The van der Waals surface area contributed by atoms with Crippen molar-refractivity contribution in [3.05, 3.63) is 29.8 Å². The predicted molar refractivity (Wildman–Crippen MR) is 57.4 cm³/mol. The molecule has 2 rings (SSSR count). The molecule has 0 spiro atoms. The average Bonchev–Trinajstić information content (AvgIpc) is 3.02. The summed E-state index contributed by atoms with van der Waals surface area (Å²) in [5.41, 5.74) is 7.31. The van der Waals surface area contributed by atoms with Crippen molar-refractivity contribution in [1.29, 1.82) is 0 Å². The van der Waals surface area contributed by atoms with Crippen LogP contribution >= 0.6 is 0 Å². The van der Waals surface area contributed by atoms with Crippen LogP contribution in [0.15, 0.2) is 24.3 Å². The molecular weight excluding hydrogens is 174 g/mol. The standard InChI is InChI=1S/C12H17NO/c1-14-12-5-3-2-4-10(12)8-11(13)9-6-7-9/h2-5,9,11H,6-8,13H2,1H3. The lowest BCUT2D eigenvalue weighted by atomic mass is 10.0. The molecule has 1 fully saturated rings. The van der Waals surface area contributed by atoms with Crippen LogP contribution in [0, 0.1) is 5.92 Å². The summed E-state index contributed by atoms with van der Waals surface area (Å²) in [6, 6.07) is 8.43. The summed E-state index contributed by atoms with van der Waals surface area (Å²) in [5, 5.41) is 0. The summed E-state index contributed by atoms with van der Waals surface area (Å²) >= 11 is 0. The zero-order chi connectivity index (χ0) is 9.97. The number of rotatable bonds is 4. The van der Waals surface area contributed by atoms with Crippen LogP contribution in [-0.4, -0.2) is 13.2 Å². The first-order valence-electron chi connectivity index (χ1n) is 5.18. The van der Waals surface area contributed by atoms with Gasteiger partial charge in [0, 0.05) is 6.04 Å². The molecule has 0 saturated heterocycles. The van der Waals surface area contributed by atoms with Gasteiger partial charge < -0.3 is 10.5 Å². The highest BCUT2D eigenvalue weighted by Gasteiger charge is 2.28. The van der Waals surface area contributed by atoms with Gasteiger partial charge in [0.15, 0.2) is 0 Å². The van der Waals surface area contributed by atoms with Crippen molar-refractivity contribution < 1.29 is 4.74 Å². The second-order valence-electron chi connectivity index (χ2n) is 4.02. The van der Waals surface area contributed by atoms with E-state index >= 15 is 0 Å². The molecule has 1 unspecified atom stereocenters. The monoisotopic (exact) mass is 191 g/mol. The number of methoxy groups -OCH3 is 1. The summed E-state index contributed by atoms with van der Waals surface area (Å²) in [6.45, 7) is 0. The maximum atomic E-state index is 6.08. The lowest BCUT2D eigenvalue weighted by molar-refractivity contribution is 0.406. The summed E-state index contributed by atoms with van der Waals surface area (Å²) in [7, 11) is 1.71. The third kappa shape index (κ3) is 2.07. The average molecular weight is 191 g/mol. The minimum atomic E-state index is 0.311. The highest BCUT2D eigenvalue weighted by molar-refractivity contribution is 5.34. The van der Waals surface area contributed by atoms with Crippen molar-refractivity contribution in [3.63, 3.8) is 0 Å². The maximum Gasteiger partial charge on any atom is 0.122 e. The quantitative estimate of drug-likeness (QED) is 0.789. The van der Waals surface area contributed by atoms with Gasteiger partial charge in [-0.25, -0.2) is 0 Å². The van der Waals surface area contributed by atoms with Gasteiger partial charge in [-0.15, -0.1) is 0 Å². The first-order valence-corrected chi connectivity index (χ1v) is 5.18. The van der Waals surface area contributed by atoms with Crippen molar-refractivity contribution in [3.8, 4) is 5.75 Å². The van der Waals surface area contributed by atoms with E-state index in [9.17, 15) is 0 Å². The van der Waals surface area contributed by atoms with Gasteiger partial charge in [0.05, 0.1) is 7.11 Å². The third-order valence-electron chi connectivity index (χ3n) is 2.88. The number of ether oxygens (including phenoxy) is 1. The fourth-order valence-corrected chi connectivity index (χ4v) is 1.82. The molecule has 1 aliphatic carbocycles. The first kappa shape index (κ1) is 9.53. The Bertz CT molecular complexity index is 307. The zero-order valence-electron chi connectivity index (χ0n) is 8.57. The van der Waals surface area contributed by atoms with Gasteiger partial charge in [-0.3, -0.25) is 0 Å². The molecule has 0 radical (unpaired) electrons. The third-order valence-corrected chi connectivity index (χ3v) is 2.88. The molecule has 0 heterocycles. The van der Waals surface area contributed by atoms with Gasteiger partial charge in [-0.1, -0.05) is 18.2 Å². The molecule has 1 aliphatic rings. The van der Waals surface area contributed by atoms with E-state index in [-0.39, 0.29) is 0 Å². The van der Waals surface area contributed by atoms with E-state index < -0.39 is 0 Å². The van der Waals surface area contributed by atoms with Crippen molar-refractivity contribution >= 4 is 0 Å². The molecule has 76 valence electrons. The second kappa shape index (κ2) is 4.01. The largest absolute Gasteiger partial charge is 0.496 e. The lowest BCUT2D eigenvalue weighted by Crippen LogP contribution is -2.25. The Kier molecular flexibility index (Phi) is 2.73. The zero-order valence-corrected chi connectivity index (χ0v) is 8.57. The minimum Gasteiger partial charge on any atom is -0.496 e. The van der Waals surface area contributed by atoms with E-state index in [4.69, 9.17) is 10.5 Å². The summed E-state index contributed by atoms with van der Waals surface area (Å²) in [4.78, 5) is 0. The topological polar surface area (TPSA) is 35.2 Å². The molecule has 1 aromatic rings. The Hall–Kier alpha value is -1.02. The smallest absolute Gasteiger partial charge is 0.122 e. The Labute approximate surface area is 85.1 Å². The molecule has 0 aliphatic heterocycles. The molecule has 0 amide bonds. The van der Waals surface area contributed by atoms with Crippen LogP contribution in [0.4, 0.5) is 0 Å². The van der Waals surface area contributed by atoms with Crippen molar-refractivity contribution in [2.24, 2.45) is 11.7 Å². The molecule has 2 N–H and O–H groups in total. The molecule has 2 nitrogen and oxygen atoms in total. The number of benzene rings is 1. The van der Waals surface area contributed by atoms with Crippen LogP contribution in [0.2, 0.25) is 0 Å². The Balaban J connectivity index is 2.06. The number of nitrogens with two attached hydrogens (primary N) is 1. The van der Waals surface area contributed by atoms with Crippen molar-refractivity contribution in [2.75, 3.05) is 7.11 Å². The van der Waals surface area contributed by atoms with E-state index in [0.29, 0.717) is 6.04 Å². The molecule has 0 bridgehead atoms. The van der Waals surface area contributed by atoms with Crippen LogP contribution in [0.5, 0.6) is 5.75 Å². The molecule has 1 saturated carbocycles. The Morgan fingerprint density at radius 2 is 2.14 bits per heavy atom. The number of hydrogen-bond acceptors (Lipinski definition) is 2. The number of hydrogen-bond donors (Lipinski definition) is 1. The summed E-state index contributed by atoms with van der Waals surface area (Å²) < 4.78 is 5.29. The van der Waals surface area contributed by atoms with Crippen LogP contribution in [0.25, 0.3) is 0 Å². The van der Waals surface area contributed by atoms with E-state index in [1.54, 1.807) is 7.11 Å². The van der Waals surface area contributed by atoms with Crippen molar-refractivity contribution in [2.45, 2.75) is 25.3 Å². The van der Waals surface area contributed by atoms with E-state index in [1.807, 2.05) is 18.2 Å². The fraction of sp³-hybridized carbons (Fsp3) is 0.500. The van der Waals surface area contributed by atoms with Crippen LogP contribution < -0.4 is 10.5 Å². The summed E-state index contributed by atoms with van der Waals surface area (Å²) in [6.07, 6.45) is 3.54. The lowest BCUT2D eigenvalue weighted by Gasteiger charge is -2.12. The molecule has 0 aromatic heterocycles. The molecule has 14 heavy (non-hydrogen) atoms. The predicted octanol–water partition coefficient (Wildman–Crippen LogP) is 1.97. The van der Waals surface area contributed by atoms with Gasteiger partial charge in [0.2, 0.25) is 0 Å².